The van der Waals surface area contributed by atoms with Crippen molar-refractivity contribution in [1.29, 1.82) is 0 Å². The zero-order valence-corrected chi connectivity index (χ0v) is 10.1. The molecule has 0 aliphatic carbocycles. The molecule has 0 aliphatic rings. The lowest BCUT2D eigenvalue weighted by Gasteiger charge is -2.14. The molecule has 0 aromatic heterocycles. The summed E-state index contributed by atoms with van der Waals surface area (Å²) < 4.78 is 43.2. The molecule has 0 saturated heterocycles. The molecule has 0 bridgehead atoms. The van der Waals surface area contributed by atoms with Crippen LogP contribution in [-0.2, 0) is 11.0 Å². The standard InChI is InChI=1S/C12H12F3NO3/c1-2-8(17)6-19-10-4-3-7(11(16)18)5-9(10)12(13,14)15/h3-5H,2,6H2,1H3,(H2,16,18). The van der Waals surface area contributed by atoms with Gasteiger partial charge in [-0.15, -0.1) is 0 Å². The minimum Gasteiger partial charge on any atom is -0.485 e. The van der Waals surface area contributed by atoms with Crippen LogP contribution in [0.15, 0.2) is 18.2 Å². The SMILES string of the molecule is CCC(=O)COc1ccc(C(N)=O)cc1C(F)(F)F. The number of nitrogens with two attached hydrogens (primary N) is 1. The Bertz CT molecular complexity index is 497. The van der Waals surface area contributed by atoms with Gasteiger partial charge in [0.25, 0.3) is 0 Å². The molecule has 0 spiro atoms. The molecule has 1 aromatic rings. The molecule has 7 heteroatoms. The van der Waals surface area contributed by atoms with Gasteiger partial charge in [-0.3, -0.25) is 9.59 Å². The highest BCUT2D eigenvalue weighted by Gasteiger charge is 2.35. The molecule has 4 nitrogen and oxygen atoms in total. The van der Waals surface area contributed by atoms with E-state index in [0.29, 0.717) is 6.07 Å². The maximum Gasteiger partial charge on any atom is 0.419 e. The Morgan fingerprint density at radius 2 is 1.95 bits per heavy atom. The molecule has 104 valence electrons. The molecule has 19 heavy (non-hydrogen) atoms. The van der Waals surface area contributed by atoms with Crippen LogP contribution in [0.2, 0.25) is 0 Å². The fourth-order valence-corrected chi connectivity index (χ4v) is 1.29. The minimum absolute atomic E-state index is 0.167. The number of rotatable bonds is 5. The summed E-state index contributed by atoms with van der Waals surface area (Å²) in [6, 6.07) is 2.70. The number of carbonyl (C=O) groups excluding carboxylic acids is 2. The molecule has 0 unspecified atom stereocenters. The zero-order chi connectivity index (χ0) is 14.6. The normalized spacial score (nSPS) is 11.2. The van der Waals surface area contributed by atoms with Crippen molar-refractivity contribution in [3.63, 3.8) is 0 Å². The fraction of sp³-hybridized carbons (Fsp3) is 0.333. The molecular formula is C12H12F3NO3. The Kier molecular flexibility index (Phi) is 4.52. The number of hydrogen-bond donors (Lipinski definition) is 1. The molecule has 1 amide bonds. The van der Waals surface area contributed by atoms with Crippen molar-refractivity contribution in [2.75, 3.05) is 6.61 Å². The molecule has 0 atom stereocenters. The van der Waals surface area contributed by atoms with E-state index in [0.717, 1.165) is 12.1 Å². The number of benzene rings is 1. The lowest BCUT2D eigenvalue weighted by atomic mass is 10.1. The number of amides is 1. The summed E-state index contributed by atoms with van der Waals surface area (Å²) in [5, 5.41) is 0. The zero-order valence-electron chi connectivity index (χ0n) is 10.1. The Balaban J connectivity index is 3.10. The second-order valence-corrected chi connectivity index (χ2v) is 3.75. The molecule has 0 radical (unpaired) electrons. The number of halogens is 3. The summed E-state index contributed by atoms with van der Waals surface area (Å²) in [5.41, 5.74) is 3.51. The molecule has 1 rings (SSSR count). The van der Waals surface area contributed by atoms with Gasteiger partial charge in [-0.1, -0.05) is 6.92 Å². The summed E-state index contributed by atoms with van der Waals surface area (Å²) in [6.45, 7) is 1.13. The minimum atomic E-state index is -4.70. The van der Waals surface area contributed by atoms with E-state index in [9.17, 15) is 22.8 Å². The first-order valence-corrected chi connectivity index (χ1v) is 5.41. The highest BCUT2D eigenvalue weighted by Crippen LogP contribution is 2.36. The van der Waals surface area contributed by atoms with Crippen LogP contribution < -0.4 is 10.5 Å². The molecule has 2 N–H and O–H groups in total. The van der Waals surface area contributed by atoms with E-state index < -0.39 is 30.0 Å². The Labute approximate surface area is 107 Å². The van der Waals surface area contributed by atoms with Gasteiger partial charge in [-0.25, -0.2) is 0 Å². The monoisotopic (exact) mass is 275 g/mol. The number of primary amides is 1. The van der Waals surface area contributed by atoms with E-state index in [2.05, 4.69) is 0 Å². The maximum absolute atomic E-state index is 12.8. The second-order valence-electron chi connectivity index (χ2n) is 3.75. The third-order valence-corrected chi connectivity index (χ3v) is 2.35. The number of ether oxygens (including phenoxy) is 1. The van der Waals surface area contributed by atoms with Gasteiger partial charge < -0.3 is 10.5 Å². The van der Waals surface area contributed by atoms with E-state index in [-0.39, 0.29) is 17.8 Å². The van der Waals surface area contributed by atoms with Crippen LogP contribution in [0.1, 0.15) is 29.3 Å². The van der Waals surface area contributed by atoms with E-state index in [1.165, 1.54) is 0 Å². The van der Waals surface area contributed by atoms with Crippen LogP contribution in [0.5, 0.6) is 5.75 Å². The van der Waals surface area contributed by atoms with Crippen molar-refractivity contribution in [3.05, 3.63) is 29.3 Å². The predicted octanol–water partition coefficient (Wildman–Crippen LogP) is 2.16. The van der Waals surface area contributed by atoms with Crippen LogP contribution in [0.25, 0.3) is 0 Å². The van der Waals surface area contributed by atoms with Gasteiger partial charge in [0.1, 0.15) is 12.4 Å². The average Bonchev–Trinajstić information content (AvgIpc) is 2.34. The Morgan fingerprint density at radius 1 is 1.32 bits per heavy atom. The van der Waals surface area contributed by atoms with Crippen LogP contribution in [-0.4, -0.2) is 18.3 Å². The molecular weight excluding hydrogens is 263 g/mol. The molecule has 0 heterocycles. The van der Waals surface area contributed by atoms with Gasteiger partial charge in [-0.2, -0.15) is 13.2 Å². The van der Waals surface area contributed by atoms with Gasteiger partial charge >= 0.3 is 6.18 Å². The van der Waals surface area contributed by atoms with Gasteiger partial charge in [0.05, 0.1) is 5.56 Å². The number of Topliss-reactive ketones (excluding diaryl/α,β-unsaturated/α-hetero) is 1. The Morgan fingerprint density at radius 3 is 2.42 bits per heavy atom. The Hall–Kier alpha value is -2.05. The van der Waals surface area contributed by atoms with E-state index in [4.69, 9.17) is 10.5 Å². The van der Waals surface area contributed by atoms with Crippen LogP contribution in [0.3, 0.4) is 0 Å². The number of hydrogen-bond acceptors (Lipinski definition) is 3. The average molecular weight is 275 g/mol. The topological polar surface area (TPSA) is 69.4 Å². The largest absolute Gasteiger partial charge is 0.485 e. The summed E-state index contributed by atoms with van der Waals surface area (Å²) in [5.74, 6) is -1.80. The first kappa shape index (κ1) is 15.0. The van der Waals surface area contributed by atoms with Gasteiger partial charge in [0, 0.05) is 12.0 Å². The maximum atomic E-state index is 12.8. The van der Waals surface area contributed by atoms with Crippen molar-refractivity contribution in [2.24, 2.45) is 5.73 Å². The van der Waals surface area contributed by atoms with E-state index in [1.54, 1.807) is 6.92 Å². The van der Waals surface area contributed by atoms with Crippen molar-refractivity contribution in [2.45, 2.75) is 19.5 Å². The van der Waals surface area contributed by atoms with Crippen molar-refractivity contribution in [3.8, 4) is 5.75 Å². The highest BCUT2D eigenvalue weighted by atomic mass is 19.4. The highest BCUT2D eigenvalue weighted by molar-refractivity contribution is 5.93. The van der Waals surface area contributed by atoms with E-state index >= 15 is 0 Å². The molecule has 1 aromatic carbocycles. The van der Waals surface area contributed by atoms with Gasteiger partial charge in [-0.05, 0) is 18.2 Å². The summed E-state index contributed by atoms with van der Waals surface area (Å²) in [7, 11) is 0. The smallest absolute Gasteiger partial charge is 0.419 e. The van der Waals surface area contributed by atoms with Gasteiger partial charge in [0.15, 0.2) is 5.78 Å². The number of carbonyl (C=O) groups is 2. The third-order valence-electron chi connectivity index (χ3n) is 2.35. The van der Waals surface area contributed by atoms with Crippen LogP contribution in [0, 0.1) is 0 Å². The lowest BCUT2D eigenvalue weighted by Crippen LogP contribution is -2.16. The third kappa shape index (κ3) is 3.97. The van der Waals surface area contributed by atoms with Crippen LogP contribution >= 0.6 is 0 Å². The quantitative estimate of drug-likeness (QED) is 0.895. The lowest BCUT2D eigenvalue weighted by molar-refractivity contribution is -0.139. The summed E-state index contributed by atoms with van der Waals surface area (Å²) in [4.78, 5) is 21.9. The van der Waals surface area contributed by atoms with E-state index in [1.807, 2.05) is 0 Å². The fourth-order valence-electron chi connectivity index (χ4n) is 1.29. The molecule has 0 saturated carbocycles. The molecule has 0 fully saturated rings. The van der Waals surface area contributed by atoms with Crippen molar-refractivity contribution < 1.29 is 27.5 Å². The molecule has 0 aliphatic heterocycles. The van der Waals surface area contributed by atoms with Crippen molar-refractivity contribution >= 4 is 11.7 Å². The number of ketones is 1. The first-order chi connectivity index (χ1) is 8.75. The summed E-state index contributed by atoms with van der Waals surface area (Å²) in [6.07, 6.45) is -4.53. The predicted molar refractivity (Wildman–Crippen MR) is 60.8 cm³/mol. The number of alkyl halides is 3. The second kappa shape index (κ2) is 5.73. The first-order valence-electron chi connectivity index (χ1n) is 5.41. The van der Waals surface area contributed by atoms with Gasteiger partial charge in [0.2, 0.25) is 5.91 Å². The van der Waals surface area contributed by atoms with Crippen LogP contribution in [0.4, 0.5) is 13.2 Å². The van der Waals surface area contributed by atoms with Crippen molar-refractivity contribution in [1.82, 2.24) is 0 Å². The summed E-state index contributed by atoms with van der Waals surface area (Å²) >= 11 is 0.